The fraction of sp³-hybridized carbons (Fsp3) is 0.375. The summed E-state index contributed by atoms with van der Waals surface area (Å²) in [5.41, 5.74) is 7.26. The van der Waals surface area contributed by atoms with Crippen molar-refractivity contribution in [1.82, 2.24) is 39.5 Å². The van der Waals surface area contributed by atoms with Crippen LogP contribution in [0.1, 0.15) is 58.8 Å². The van der Waals surface area contributed by atoms with E-state index in [9.17, 15) is 9.59 Å². The summed E-state index contributed by atoms with van der Waals surface area (Å²) >= 11 is 0. The number of benzene rings is 4. The van der Waals surface area contributed by atoms with Crippen molar-refractivity contribution in [3.8, 4) is 11.8 Å². The van der Waals surface area contributed by atoms with Crippen molar-refractivity contribution in [3.05, 3.63) is 131 Å². The Labute approximate surface area is 349 Å². The van der Waals surface area contributed by atoms with E-state index >= 15 is 0 Å². The molecule has 10 rings (SSSR count). The standard InChI is InChI=1S/C48H50N8O4/c57-45(27-33-7-3-1-4-8-33)55-31-37(53-17-21-59-22-18-53)29-43(55)47-49-39-15-13-35(25-41(39)51-47)11-12-36-14-16-40-42(26-36)52-48(50-40)44-30-38(54-19-23-60-24-20-54)32-56(44)46(58)28-34-9-5-2-6-10-34/h1-10,13-16,25-26,37-38,43-44H,17-24,27-32H2,(H,49,51)(H,50,52). The summed E-state index contributed by atoms with van der Waals surface area (Å²) in [6.45, 7) is 7.72. The Balaban J connectivity index is 0.873. The summed E-state index contributed by atoms with van der Waals surface area (Å²) in [6.07, 6.45) is 2.37. The molecule has 306 valence electrons. The van der Waals surface area contributed by atoms with Gasteiger partial charge in [0.25, 0.3) is 0 Å². The number of fused-ring (bicyclic) bond motifs is 2. The van der Waals surface area contributed by atoms with Gasteiger partial charge in [0.05, 0.1) is 73.4 Å². The van der Waals surface area contributed by atoms with Crippen molar-refractivity contribution in [3.63, 3.8) is 0 Å². The summed E-state index contributed by atoms with van der Waals surface area (Å²) in [6, 6.07) is 32.2. The first-order chi connectivity index (χ1) is 29.5. The van der Waals surface area contributed by atoms with Gasteiger partial charge in [-0.1, -0.05) is 72.5 Å². The quantitative estimate of drug-likeness (QED) is 0.200. The Bertz CT molecular complexity index is 2360. The summed E-state index contributed by atoms with van der Waals surface area (Å²) in [4.78, 5) is 53.9. The number of amides is 2. The Hall–Kier alpha value is -5.84. The van der Waals surface area contributed by atoms with Crippen molar-refractivity contribution in [2.24, 2.45) is 0 Å². The molecule has 2 amide bonds. The summed E-state index contributed by atoms with van der Waals surface area (Å²) in [7, 11) is 0. The lowest BCUT2D eigenvalue weighted by atomic mass is 10.1. The SMILES string of the molecule is O=C(Cc1ccccc1)N1CC(N2CCOCC2)CC1c1nc2ccc(C#Cc3ccc4nc(C5CC(N6CCOCC6)CN5C(=O)Cc5ccccc5)[nH]c4c3)cc2[nH]1. The lowest BCUT2D eigenvalue weighted by Gasteiger charge is -2.31. The fourth-order valence-corrected chi connectivity index (χ4v) is 9.53. The second kappa shape index (κ2) is 17.0. The maximum absolute atomic E-state index is 13.8. The number of H-pyrrole nitrogens is 2. The van der Waals surface area contributed by atoms with Gasteiger partial charge in [-0.3, -0.25) is 19.4 Å². The molecule has 4 aliphatic heterocycles. The van der Waals surface area contributed by atoms with Crippen molar-refractivity contribution in [2.45, 2.75) is 49.9 Å². The second-order valence-electron chi connectivity index (χ2n) is 16.5. The number of morpholine rings is 2. The summed E-state index contributed by atoms with van der Waals surface area (Å²) < 4.78 is 11.3. The highest BCUT2D eigenvalue weighted by Gasteiger charge is 2.42. The molecule has 0 saturated carbocycles. The van der Waals surface area contributed by atoms with E-state index in [0.29, 0.717) is 25.9 Å². The van der Waals surface area contributed by atoms with Crippen LogP contribution < -0.4 is 0 Å². The van der Waals surface area contributed by atoms with Crippen LogP contribution in [0, 0.1) is 11.8 Å². The number of hydrogen-bond donors (Lipinski definition) is 2. The minimum atomic E-state index is -0.148. The summed E-state index contributed by atoms with van der Waals surface area (Å²) in [5.74, 6) is 8.59. The molecule has 4 fully saturated rings. The Morgan fingerprint density at radius 3 is 1.42 bits per heavy atom. The van der Waals surface area contributed by atoms with E-state index in [2.05, 4.69) is 31.6 Å². The van der Waals surface area contributed by atoms with E-state index in [-0.39, 0.29) is 36.0 Å². The monoisotopic (exact) mass is 802 g/mol. The largest absolute Gasteiger partial charge is 0.379 e. The number of aromatic nitrogens is 4. The Morgan fingerprint density at radius 1 is 0.583 bits per heavy atom. The first kappa shape index (κ1) is 38.4. The first-order valence-corrected chi connectivity index (χ1v) is 21.3. The van der Waals surface area contributed by atoms with Gasteiger partial charge in [0, 0.05) is 62.5 Å². The highest BCUT2D eigenvalue weighted by Crippen LogP contribution is 2.37. The minimum Gasteiger partial charge on any atom is -0.379 e. The van der Waals surface area contributed by atoms with Crippen LogP contribution >= 0.6 is 0 Å². The average Bonchev–Trinajstić information content (AvgIpc) is 4.11. The molecule has 4 unspecified atom stereocenters. The van der Waals surface area contributed by atoms with Crippen LogP contribution in [0.15, 0.2) is 97.1 Å². The van der Waals surface area contributed by atoms with E-state index < -0.39 is 0 Å². The van der Waals surface area contributed by atoms with Gasteiger partial charge >= 0.3 is 0 Å². The predicted molar refractivity (Wildman–Crippen MR) is 229 cm³/mol. The number of likely N-dealkylation sites (tertiary alicyclic amines) is 2. The van der Waals surface area contributed by atoms with Gasteiger partial charge < -0.3 is 29.2 Å². The zero-order chi connectivity index (χ0) is 40.4. The molecular weight excluding hydrogens is 753 g/mol. The number of carbonyl (C=O) groups is 2. The van der Waals surface area contributed by atoms with Gasteiger partial charge in [0.2, 0.25) is 11.8 Å². The number of imidazole rings is 2. The van der Waals surface area contributed by atoms with Gasteiger partial charge in [0.15, 0.2) is 0 Å². The molecule has 60 heavy (non-hydrogen) atoms. The molecule has 0 spiro atoms. The third-order valence-electron chi connectivity index (χ3n) is 12.7. The molecule has 0 radical (unpaired) electrons. The van der Waals surface area contributed by atoms with Crippen LogP contribution in [0.3, 0.4) is 0 Å². The zero-order valence-electron chi connectivity index (χ0n) is 33.8. The molecule has 4 aliphatic rings. The van der Waals surface area contributed by atoms with Gasteiger partial charge in [-0.2, -0.15) is 0 Å². The van der Waals surface area contributed by atoms with Crippen molar-refractivity contribution >= 4 is 33.9 Å². The second-order valence-corrected chi connectivity index (χ2v) is 16.5. The number of aromatic amines is 2. The van der Waals surface area contributed by atoms with E-state index in [1.807, 2.05) is 107 Å². The molecule has 4 saturated heterocycles. The van der Waals surface area contributed by atoms with E-state index in [4.69, 9.17) is 19.4 Å². The molecule has 2 N–H and O–H groups in total. The maximum atomic E-state index is 13.8. The fourth-order valence-electron chi connectivity index (χ4n) is 9.53. The predicted octanol–water partition coefficient (Wildman–Crippen LogP) is 5.27. The minimum absolute atomic E-state index is 0.115. The van der Waals surface area contributed by atoms with Crippen LogP contribution in [0.25, 0.3) is 22.1 Å². The molecule has 0 aliphatic carbocycles. The molecule has 6 aromatic rings. The lowest BCUT2D eigenvalue weighted by Crippen LogP contribution is -2.45. The van der Waals surface area contributed by atoms with Crippen molar-refractivity contribution < 1.29 is 19.1 Å². The van der Waals surface area contributed by atoms with Gasteiger partial charge in [-0.05, 0) is 60.4 Å². The molecule has 0 bridgehead atoms. The third kappa shape index (κ3) is 8.18. The molecule has 12 nitrogen and oxygen atoms in total. The number of ether oxygens (including phenoxy) is 2. The third-order valence-corrected chi connectivity index (χ3v) is 12.7. The highest BCUT2D eigenvalue weighted by atomic mass is 16.5. The van der Waals surface area contributed by atoms with Crippen LogP contribution in [0.5, 0.6) is 0 Å². The molecule has 4 aromatic carbocycles. The van der Waals surface area contributed by atoms with Gasteiger partial charge in [0.1, 0.15) is 11.6 Å². The number of nitrogens with zero attached hydrogens (tertiary/aromatic N) is 6. The number of rotatable bonds is 8. The molecular formula is C48H50N8O4. The molecule has 4 atom stereocenters. The summed E-state index contributed by atoms with van der Waals surface area (Å²) in [5, 5.41) is 0. The molecule has 2 aromatic heterocycles. The van der Waals surface area contributed by atoms with Crippen LogP contribution in [-0.2, 0) is 31.9 Å². The molecule has 6 heterocycles. The maximum Gasteiger partial charge on any atom is 0.227 e. The molecule has 12 heteroatoms. The average molecular weight is 803 g/mol. The number of hydrogen-bond acceptors (Lipinski definition) is 8. The Kier molecular flexibility index (Phi) is 10.9. The van der Waals surface area contributed by atoms with Gasteiger partial charge in [-0.25, -0.2) is 9.97 Å². The Morgan fingerprint density at radius 2 is 1.00 bits per heavy atom. The lowest BCUT2D eigenvalue weighted by molar-refractivity contribution is -0.132. The number of carbonyl (C=O) groups excluding carboxylic acids is 2. The number of nitrogens with one attached hydrogen (secondary N) is 2. The topological polar surface area (TPSA) is 123 Å². The van der Waals surface area contributed by atoms with E-state index in [1.54, 1.807) is 0 Å². The van der Waals surface area contributed by atoms with Crippen molar-refractivity contribution in [2.75, 3.05) is 65.7 Å². The zero-order valence-corrected chi connectivity index (χ0v) is 33.8. The van der Waals surface area contributed by atoms with E-state index in [1.165, 1.54) is 0 Å². The van der Waals surface area contributed by atoms with Crippen molar-refractivity contribution in [1.29, 1.82) is 0 Å². The van der Waals surface area contributed by atoms with E-state index in [0.717, 1.165) is 121 Å². The highest BCUT2D eigenvalue weighted by molar-refractivity contribution is 5.82. The van der Waals surface area contributed by atoms with Gasteiger partial charge in [-0.15, -0.1) is 0 Å². The first-order valence-electron chi connectivity index (χ1n) is 21.3. The van der Waals surface area contributed by atoms with Crippen LogP contribution in [0.2, 0.25) is 0 Å². The van der Waals surface area contributed by atoms with Crippen LogP contribution in [-0.4, -0.2) is 129 Å². The van der Waals surface area contributed by atoms with Crippen LogP contribution in [0.4, 0.5) is 0 Å². The normalized spacial score (nSPS) is 22.7. The smallest absolute Gasteiger partial charge is 0.227 e.